The van der Waals surface area contributed by atoms with Gasteiger partial charge in [0.1, 0.15) is 6.04 Å². The summed E-state index contributed by atoms with van der Waals surface area (Å²) in [5.74, 6) is -0.898. The molecule has 6 nitrogen and oxygen atoms in total. The smallest absolute Gasteiger partial charge is 0.320 e. The van der Waals surface area contributed by atoms with Crippen LogP contribution in [-0.4, -0.2) is 30.1 Å². The summed E-state index contributed by atoms with van der Waals surface area (Å²) in [7, 11) is 1.63. The molecule has 6 N–H and O–H groups in total. The van der Waals surface area contributed by atoms with E-state index in [0.717, 1.165) is 5.56 Å². The Morgan fingerprint density at radius 3 is 2.76 bits per heavy atom. The molecule has 0 aliphatic rings. The van der Waals surface area contributed by atoms with Crippen LogP contribution in [0.3, 0.4) is 0 Å². The number of rotatable bonds is 4. The fraction of sp³-hybridized carbons (Fsp3) is 0.273. The molecule has 1 atom stereocenters. The molecule has 1 aromatic carbocycles. The maximum absolute atomic E-state index is 10.7. The van der Waals surface area contributed by atoms with Crippen molar-refractivity contribution in [1.82, 2.24) is 5.32 Å². The van der Waals surface area contributed by atoms with Gasteiger partial charge in [0.05, 0.1) is 0 Å². The first-order chi connectivity index (χ1) is 8.04. The second-order valence-electron chi connectivity index (χ2n) is 3.56. The van der Waals surface area contributed by atoms with Gasteiger partial charge in [0.15, 0.2) is 5.96 Å². The standard InChI is InChI=1S/C11H16N4O2/c1-14-11(13)15-9-5-3-2-4-7(9)6-8(12)10(16)17/h2-5,8H,6,12H2,1H3,(H,16,17)(H3,13,14,15)/t8-/m0/s1. The number of benzene rings is 1. The first-order valence-corrected chi connectivity index (χ1v) is 5.14. The zero-order chi connectivity index (χ0) is 12.8. The van der Waals surface area contributed by atoms with Gasteiger partial charge in [-0.25, -0.2) is 0 Å². The Bertz CT molecular complexity index is 420. The van der Waals surface area contributed by atoms with Crippen LogP contribution in [0, 0.1) is 5.41 Å². The molecule has 0 aliphatic carbocycles. The average Bonchev–Trinajstić information content (AvgIpc) is 2.31. The summed E-state index contributed by atoms with van der Waals surface area (Å²) in [6.45, 7) is 0. The van der Waals surface area contributed by atoms with Crippen LogP contribution in [0.4, 0.5) is 5.69 Å². The number of carboxylic acid groups (broad SMARTS) is 1. The fourth-order valence-electron chi connectivity index (χ4n) is 1.34. The maximum Gasteiger partial charge on any atom is 0.320 e. The van der Waals surface area contributed by atoms with Crippen molar-refractivity contribution in [3.63, 3.8) is 0 Å². The Kier molecular flexibility index (Phi) is 4.47. The Balaban J connectivity index is 2.84. The molecular formula is C11H16N4O2. The van der Waals surface area contributed by atoms with Crippen LogP contribution in [0.1, 0.15) is 5.56 Å². The van der Waals surface area contributed by atoms with Gasteiger partial charge in [0.25, 0.3) is 0 Å². The number of carbonyl (C=O) groups is 1. The molecule has 0 heterocycles. The van der Waals surface area contributed by atoms with Crippen molar-refractivity contribution in [3.8, 4) is 0 Å². The summed E-state index contributed by atoms with van der Waals surface area (Å²) in [5, 5.41) is 21.7. The zero-order valence-corrected chi connectivity index (χ0v) is 9.53. The van der Waals surface area contributed by atoms with E-state index in [1.165, 1.54) is 0 Å². The molecule has 0 unspecified atom stereocenters. The van der Waals surface area contributed by atoms with Gasteiger partial charge >= 0.3 is 5.97 Å². The summed E-state index contributed by atoms with van der Waals surface area (Å²) in [4.78, 5) is 10.7. The molecule has 17 heavy (non-hydrogen) atoms. The van der Waals surface area contributed by atoms with Crippen LogP contribution < -0.4 is 16.4 Å². The van der Waals surface area contributed by atoms with Crippen molar-refractivity contribution in [3.05, 3.63) is 29.8 Å². The van der Waals surface area contributed by atoms with E-state index < -0.39 is 12.0 Å². The molecular weight excluding hydrogens is 220 g/mol. The first kappa shape index (κ1) is 13.0. The van der Waals surface area contributed by atoms with Crippen LogP contribution in [-0.2, 0) is 11.2 Å². The monoisotopic (exact) mass is 236 g/mol. The number of carboxylic acids is 1. The van der Waals surface area contributed by atoms with Crippen LogP contribution in [0.5, 0.6) is 0 Å². The van der Waals surface area contributed by atoms with Gasteiger partial charge in [0, 0.05) is 19.2 Å². The number of nitrogens with two attached hydrogens (primary N) is 1. The second-order valence-corrected chi connectivity index (χ2v) is 3.56. The van der Waals surface area contributed by atoms with E-state index in [4.69, 9.17) is 16.2 Å². The number of hydrogen-bond acceptors (Lipinski definition) is 3. The van der Waals surface area contributed by atoms with E-state index >= 15 is 0 Å². The number of nitrogens with one attached hydrogen (secondary N) is 3. The fourth-order valence-corrected chi connectivity index (χ4v) is 1.34. The van der Waals surface area contributed by atoms with E-state index in [9.17, 15) is 4.79 Å². The molecule has 0 bridgehead atoms. The number of hydrogen-bond donors (Lipinski definition) is 5. The maximum atomic E-state index is 10.7. The van der Waals surface area contributed by atoms with E-state index in [1.807, 2.05) is 0 Å². The lowest BCUT2D eigenvalue weighted by molar-refractivity contribution is -0.138. The molecule has 0 saturated carbocycles. The molecule has 0 saturated heterocycles. The number of anilines is 1. The predicted molar refractivity (Wildman–Crippen MR) is 66.2 cm³/mol. The minimum atomic E-state index is -1.04. The van der Waals surface area contributed by atoms with Gasteiger partial charge in [-0.2, -0.15) is 0 Å². The highest BCUT2D eigenvalue weighted by atomic mass is 16.4. The van der Waals surface area contributed by atoms with Gasteiger partial charge in [-0.15, -0.1) is 0 Å². The van der Waals surface area contributed by atoms with Crippen molar-refractivity contribution in [2.75, 3.05) is 12.4 Å². The molecule has 0 aliphatic heterocycles. The van der Waals surface area contributed by atoms with Crippen molar-refractivity contribution in [2.45, 2.75) is 12.5 Å². The van der Waals surface area contributed by atoms with E-state index in [2.05, 4.69) is 10.6 Å². The third-order valence-electron chi connectivity index (χ3n) is 2.28. The Labute approximate surface area is 99.3 Å². The van der Waals surface area contributed by atoms with Crippen molar-refractivity contribution in [2.24, 2.45) is 5.73 Å². The lowest BCUT2D eigenvalue weighted by atomic mass is 10.0. The second kappa shape index (κ2) is 5.86. The zero-order valence-electron chi connectivity index (χ0n) is 9.53. The minimum absolute atomic E-state index is 0.140. The third-order valence-corrected chi connectivity index (χ3v) is 2.28. The SMILES string of the molecule is CNC(=N)Nc1ccccc1C[C@H](N)C(=O)O. The molecule has 0 spiro atoms. The summed E-state index contributed by atoms with van der Waals surface area (Å²) < 4.78 is 0. The summed E-state index contributed by atoms with van der Waals surface area (Å²) >= 11 is 0. The van der Waals surface area contributed by atoms with Gasteiger partial charge < -0.3 is 21.5 Å². The van der Waals surface area contributed by atoms with E-state index in [1.54, 1.807) is 31.3 Å². The van der Waals surface area contributed by atoms with Gasteiger partial charge in [-0.1, -0.05) is 18.2 Å². The van der Waals surface area contributed by atoms with Crippen molar-refractivity contribution >= 4 is 17.6 Å². The molecule has 0 radical (unpaired) electrons. The van der Waals surface area contributed by atoms with Gasteiger partial charge in [0.2, 0.25) is 0 Å². The predicted octanol–water partition coefficient (Wildman–Crippen LogP) is 0.207. The molecule has 92 valence electrons. The summed E-state index contributed by atoms with van der Waals surface area (Å²) in [6, 6.07) is 6.23. The Morgan fingerprint density at radius 2 is 2.18 bits per heavy atom. The highest BCUT2D eigenvalue weighted by molar-refractivity contribution is 5.91. The molecule has 0 aromatic heterocycles. The number of aliphatic carboxylic acids is 1. The molecule has 1 rings (SSSR count). The third kappa shape index (κ3) is 3.76. The molecule has 1 aromatic rings. The Morgan fingerprint density at radius 1 is 1.53 bits per heavy atom. The van der Waals surface area contributed by atoms with E-state index in [0.29, 0.717) is 5.69 Å². The first-order valence-electron chi connectivity index (χ1n) is 5.14. The van der Waals surface area contributed by atoms with Crippen molar-refractivity contribution < 1.29 is 9.90 Å². The average molecular weight is 236 g/mol. The van der Waals surface area contributed by atoms with E-state index in [-0.39, 0.29) is 12.4 Å². The highest BCUT2D eigenvalue weighted by Crippen LogP contribution is 2.16. The normalized spacial score (nSPS) is 11.6. The van der Waals surface area contributed by atoms with Crippen molar-refractivity contribution in [1.29, 1.82) is 5.41 Å². The molecule has 0 fully saturated rings. The van der Waals surface area contributed by atoms with Gasteiger partial charge in [-0.05, 0) is 11.6 Å². The molecule has 6 heteroatoms. The summed E-state index contributed by atoms with van der Waals surface area (Å²) in [5.41, 5.74) is 6.93. The van der Waals surface area contributed by atoms with Crippen LogP contribution in [0.2, 0.25) is 0 Å². The van der Waals surface area contributed by atoms with Crippen LogP contribution in [0.25, 0.3) is 0 Å². The lowest BCUT2D eigenvalue weighted by Crippen LogP contribution is -2.33. The van der Waals surface area contributed by atoms with Crippen LogP contribution in [0.15, 0.2) is 24.3 Å². The largest absolute Gasteiger partial charge is 0.480 e. The van der Waals surface area contributed by atoms with Gasteiger partial charge in [-0.3, -0.25) is 10.2 Å². The molecule has 0 amide bonds. The summed E-state index contributed by atoms with van der Waals surface area (Å²) in [6.07, 6.45) is 0.218. The topological polar surface area (TPSA) is 111 Å². The quantitative estimate of drug-likeness (QED) is 0.379. The van der Waals surface area contributed by atoms with Crippen LogP contribution >= 0.6 is 0 Å². The lowest BCUT2D eigenvalue weighted by Gasteiger charge is -2.13. The number of guanidine groups is 1. The highest BCUT2D eigenvalue weighted by Gasteiger charge is 2.14. The Hall–Kier alpha value is -2.08. The number of para-hydroxylation sites is 1. The minimum Gasteiger partial charge on any atom is -0.480 e.